The van der Waals surface area contributed by atoms with Gasteiger partial charge in [0.25, 0.3) is 5.91 Å². The molecule has 3 rings (SSSR count). The number of carbonyl (C=O) groups is 2. The molecule has 0 spiro atoms. The molecule has 8 heteroatoms. The van der Waals surface area contributed by atoms with E-state index >= 15 is 0 Å². The molecule has 148 valence electrons. The van der Waals surface area contributed by atoms with Gasteiger partial charge in [0.15, 0.2) is 0 Å². The number of aryl methyl sites for hydroxylation is 1. The smallest absolute Gasteiger partial charge is 0.255 e. The predicted octanol–water partition coefficient (Wildman–Crippen LogP) is 2.62. The summed E-state index contributed by atoms with van der Waals surface area (Å²) in [7, 11) is -0.630. The number of amides is 2. The molecule has 1 heterocycles. The number of hydrogen-bond acceptors (Lipinski definition) is 4. The van der Waals surface area contributed by atoms with Crippen molar-refractivity contribution in [1.82, 2.24) is 4.31 Å². The van der Waals surface area contributed by atoms with Crippen molar-refractivity contribution in [1.29, 1.82) is 0 Å². The van der Waals surface area contributed by atoms with Gasteiger partial charge in [-0.15, -0.1) is 0 Å². The first kappa shape index (κ1) is 20.0. The Morgan fingerprint density at radius 2 is 1.79 bits per heavy atom. The maximum absolute atomic E-state index is 12.5. The van der Waals surface area contributed by atoms with Crippen molar-refractivity contribution in [3.63, 3.8) is 0 Å². The van der Waals surface area contributed by atoms with E-state index < -0.39 is 10.0 Å². The lowest BCUT2D eigenvalue weighted by Crippen LogP contribution is -2.24. The summed E-state index contributed by atoms with van der Waals surface area (Å²) in [5.74, 6) is -0.263. The third-order valence-corrected chi connectivity index (χ3v) is 6.56. The van der Waals surface area contributed by atoms with E-state index in [2.05, 4.69) is 5.32 Å². The van der Waals surface area contributed by atoms with E-state index in [1.165, 1.54) is 38.4 Å². The van der Waals surface area contributed by atoms with Gasteiger partial charge < -0.3 is 10.2 Å². The Morgan fingerprint density at radius 3 is 2.36 bits per heavy atom. The first-order valence-electron chi connectivity index (χ1n) is 8.95. The molecule has 0 aromatic heterocycles. The molecule has 0 atom stereocenters. The molecule has 1 N–H and O–H groups in total. The minimum Gasteiger partial charge on any atom is -0.322 e. The molecule has 1 aliphatic rings. The van der Waals surface area contributed by atoms with Crippen molar-refractivity contribution < 1.29 is 18.0 Å². The van der Waals surface area contributed by atoms with E-state index in [1.807, 2.05) is 13.0 Å². The summed E-state index contributed by atoms with van der Waals surface area (Å²) >= 11 is 0. The molecule has 2 aromatic rings. The minimum atomic E-state index is -3.54. The van der Waals surface area contributed by atoms with Crippen molar-refractivity contribution in [2.24, 2.45) is 0 Å². The van der Waals surface area contributed by atoms with Crippen LogP contribution in [-0.4, -0.2) is 45.2 Å². The summed E-state index contributed by atoms with van der Waals surface area (Å²) in [5, 5.41) is 2.81. The highest BCUT2D eigenvalue weighted by atomic mass is 32.2. The highest BCUT2D eigenvalue weighted by Crippen LogP contribution is 2.28. The maximum Gasteiger partial charge on any atom is 0.255 e. The van der Waals surface area contributed by atoms with Gasteiger partial charge in [-0.1, -0.05) is 6.07 Å². The van der Waals surface area contributed by atoms with Crippen molar-refractivity contribution >= 4 is 33.2 Å². The first-order chi connectivity index (χ1) is 13.2. The van der Waals surface area contributed by atoms with Gasteiger partial charge in [-0.2, -0.15) is 0 Å². The van der Waals surface area contributed by atoms with Gasteiger partial charge in [-0.3, -0.25) is 9.59 Å². The standard InChI is InChI=1S/C20H23N3O4S/c1-14-6-9-16(13-18(14)23-12-4-5-19(23)24)21-20(25)15-7-10-17(11-8-15)28(26,27)22(2)3/h6-11,13H,4-5,12H2,1-3H3,(H,21,25). The van der Waals surface area contributed by atoms with Crippen molar-refractivity contribution in [3.05, 3.63) is 53.6 Å². The Morgan fingerprint density at radius 1 is 1.11 bits per heavy atom. The van der Waals surface area contributed by atoms with Gasteiger partial charge in [-0.05, 0) is 55.3 Å². The molecule has 2 aromatic carbocycles. The fourth-order valence-electron chi connectivity index (χ4n) is 3.07. The lowest BCUT2D eigenvalue weighted by Gasteiger charge is -2.19. The topological polar surface area (TPSA) is 86.8 Å². The number of rotatable bonds is 5. The van der Waals surface area contributed by atoms with Crippen molar-refractivity contribution in [3.8, 4) is 0 Å². The highest BCUT2D eigenvalue weighted by Gasteiger charge is 2.23. The Kier molecular flexibility index (Phi) is 5.53. The number of anilines is 2. The van der Waals surface area contributed by atoms with Gasteiger partial charge in [0.2, 0.25) is 15.9 Å². The molecule has 2 amide bonds. The number of nitrogens with zero attached hydrogens (tertiary/aromatic N) is 2. The second-order valence-electron chi connectivity index (χ2n) is 6.92. The van der Waals surface area contributed by atoms with Gasteiger partial charge >= 0.3 is 0 Å². The fraction of sp³-hybridized carbons (Fsp3) is 0.300. The fourth-order valence-corrected chi connectivity index (χ4v) is 3.97. The number of nitrogens with one attached hydrogen (secondary N) is 1. The number of carbonyl (C=O) groups excluding carboxylic acids is 2. The third kappa shape index (κ3) is 3.93. The summed E-state index contributed by atoms with van der Waals surface area (Å²) in [6, 6.07) is 11.2. The highest BCUT2D eigenvalue weighted by molar-refractivity contribution is 7.89. The van der Waals surface area contributed by atoms with Gasteiger partial charge in [0.05, 0.1) is 4.90 Å². The van der Waals surface area contributed by atoms with Gasteiger partial charge in [0, 0.05) is 44.0 Å². The van der Waals surface area contributed by atoms with Crippen LogP contribution in [0.1, 0.15) is 28.8 Å². The molecule has 0 unspecified atom stereocenters. The molecule has 28 heavy (non-hydrogen) atoms. The molecule has 1 aliphatic heterocycles. The molecular formula is C20H23N3O4S. The van der Waals surface area contributed by atoms with E-state index in [4.69, 9.17) is 0 Å². The molecule has 1 fully saturated rings. The molecule has 0 bridgehead atoms. The van der Waals surface area contributed by atoms with Crippen molar-refractivity contribution in [2.75, 3.05) is 30.9 Å². The first-order valence-corrected chi connectivity index (χ1v) is 10.4. The van der Waals surface area contributed by atoms with Gasteiger partial charge in [0.1, 0.15) is 0 Å². The summed E-state index contributed by atoms with van der Waals surface area (Å²) in [4.78, 5) is 26.4. The van der Waals surface area contributed by atoms with Crippen LogP contribution in [0.15, 0.2) is 47.4 Å². The van der Waals surface area contributed by atoms with Crippen LogP contribution < -0.4 is 10.2 Å². The second-order valence-corrected chi connectivity index (χ2v) is 9.07. The normalized spacial score (nSPS) is 14.6. The third-order valence-electron chi connectivity index (χ3n) is 4.73. The number of hydrogen-bond donors (Lipinski definition) is 1. The Balaban J connectivity index is 1.79. The molecule has 0 radical (unpaired) electrons. The van der Waals surface area contributed by atoms with Crippen LogP contribution in [0.3, 0.4) is 0 Å². The SMILES string of the molecule is Cc1ccc(NC(=O)c2ccc(S(=O)(=O)N(C)C)cc2)cc1N1CCCC1=O. The van der Waals surface area contributed by atoms with Crippen LogP contribution in [0, 0.1) is 6.92 Å². The average Bonchev–Trinajstić information content (AvgIpc) is 3.09. The predicted molar refractivity (Wildman–Crippen MR) is 108 cm³/mol. The monoisotopic (exact) mass is 401 g/mol. The Labute approximate surface area is 165 Å². The van der Waals surface area contributed by atoms with Crippen LogP contribution in [0.4, 0.5) is 11.4 Å². The maximum atomic E-state index is 12.5. The Hall–Kier alpha value is -2.71. The zero-order valence-electron chi connectivity index (χ0n) is 16.1. The van der Waals surface area contributed by atoms with Crippen LogP contribution >= 0.6 is 0 Å². The van der Waals surface area contributed by atoms with Gasteiger partial charge in [-0.25, -0.2) is 12.7 Å². The molecule has 7 nitrogen and oxygen atoms in total. The number of benzene rings is 2. The van der Waals surface area contributed by atoms with E-state index in [1.54, 1.807) is 17.0 Å². The van der Waals surface area contributed by atoms with Crippen molar-refractivity contribution in [2.45, 2.75) is 24.7 Å². The van der Waals surface area contributed by atoms with E-state index in [9.17, 15) is 18.0 Å². The summed E-state index contributed by atoms with van der Waals surface area (Å²) in [5.41, 5.74) is 2.69. The van der Waals surface area contributed by atoms with E-state index in [0.717, 1.165) is 22.0 Å². The van der Waals surface area contributed by atoms with Crippen LogP contribution in [0.2, 0.25) is 0 Å². The summed E-state index contributed by atoms with van der Waals surface area (Å²) < 4.78 is 25.4. The molecule has 0 saturated carbocycles. The lowest BCUT2D eigenvalue weighted by molar-refractivity contribution is -0.117. The largest absolute Gasteiger partial charge is 0.322 e. The Bertz CT molecular complexity index is 1010. The minimum absolute atomic E-state index is 0.0873. The zero-order chi connectivity index (χ0) is 20.5. The lowest BCUT2D eigenvalue weighted by atomic mass is 10.1. The van der Waals surface area contributed by atoms with Crippen LogP contribution in [0.25, 0.3) is 0 Å². The summed E-state index contributed by atoms with van der Waals surface area (Å²) in [6.45, 7) is 2.61. The van der Waals surface area contributed by atoms with E-state index in [-0.39, 0.29) is 16.7 Å². The second kappa shape index (κ2) is 7.73. The molecule has 1 saturated heterocycles. The van der Waals surface area contributed by atoms with E-state index in [0.29, 0.717) is 24.2 Å². The average molecular weight is 401 g/mol. The molecular weight excluding hydrogens is 378 g/mol. The quantitative estimate of drug-likeness (QED) is 0.834. The molecule has 0 aliphatic carbocycles. The van der Waals surface area contributed by atoms with Crippen LogP contribution in [-0.2, 0) is 14.8 Å². The summed E-state index contributed by atoms with van der Waals surface area (Å²) in [6.07, 6.45) is 1.37. The zero-order valence-corrected chi connectivity index (χ0v) is 16.9. The van der Waals surface area contributed by atoms with Crippen LogP contribution in [0.5, 0.6) is 0 Å². The number of sulfonamides is 1.